The quantitative estimate of drug-likeness (QED) is 0.725. The van der Waals surface area contributed by atoms with Crippen molar-refractivity contribution in [2.24, 2.45) is 0 Å². The molecule has 0 aliphatic carbocycles. The molecule has 0 saturated carbocycles. The lowest BCUT2D eigenvalue weighted by Gasteiger charge is -2.44. The number of amides is 2. The van der Waals surface area contributed by atoms with Crippen LogP contribution < -0.4 is 10.1 Å². The van der Waals surface area contributed by atoms with Crippen LogP contribution in [0.2, 0.25) is 0 Å². The molecule has 2 fully saturated rings. The Bertz CT molecular complexity index is 714. The van der Waals surface area contributed by atoms with Gasteiger partial charge < -0.3 is 34.3 Å². The van der Waals surface area contributed by atoms with Crippen molar-refractivity contribution in [3.63, 3.8) is 0 Å². The molecule has 2 N–H and O–H groups in total. The van der Waals surface area contributed by atoms with E-state index >= 15 is 0 Å². The van der Waals surface area contributed by atoms with Crippen LogP contribution in [0, 0.1) is 0 Å². The third-order valence-electron chi connectivity index (χ3n) is 5.21. The van der Waals surface area contributed by atoms with E-state index in [-0.39, 0.29) is 50.3 Å². The van der Waals surface area contributed by atoms with E-state index in [1.807, 2.05) is 6.07 Å². The average molecular weight is 408 g/mol. The highest BCUT2D eigenvalue weighted by atomic mass is 16.6. The number of nitrogens with zero attached hydrogens (tertiary/aromatic N) is 1. The Balaban J connectivity index is 1.74. The third kappa shape index (κ3) is 5.37. The van der Waals surface area contributed by atoms with Gasteiger partial charge in [0, 0.05) is 0 Å². The zero-order chi connectivity index (χ0) is 20.8. The number of hydrogen-bond donors (Lipinski definition) is 2. The Morgan fingerprint density at radius 1 is 1.24 bits per heavy atom. The predicted octanol–water partition coefficient (Wildman–Crippen LogP) is 1.40. The fourth-order valence-electron chi connectivity index (χ4n) is 3.78. The summed E-state index contributed by atoms with van der Waals surface area (Å²) in [4.78, 5) is 26.3. The number of carbonyl (C=O) groups excluding carboxylic acids is 2. The Labute approximate surface area is 169 Å². The smallest absolute Gasteiger partial charge is 0.322 e. The molecule has 0 spiro atoms. The normalized spacial score (nSPS) is 27.2. The molecular formula is C20H28N2O7. The number of nitrogens with one attached hydrogen (secondary N) is 1. The highest BCUT2D eigenvalue weighted by molar-refractivity contribution is 5.91. The van der Waals surface area contributed by atoms with Gasteiger partial charge in [-0.15, -0.1) is 0 Å². The highest BCUT2D eigenvalue weighted by Gasteiger charge is 2.40. The number of aliphatic hydroxyl groups excluding tert-OH is 1. The van der Waals surface area contributed by atoms with E-state index in [2.05, 4.69) is 5.32 Å². The van der Waals surface area contributed by atoms with Crippen molar-refractivity contribution in [2.75, 3.05) is 39.3 Å². The van der Waals surface area contributed by atoms with Gasteiger partial charge in [-0.2, -0.15) is 0 Å². The van der Waals surface area contributed by atoms with Gasteiger partial charge in [0.25, 0.3) is 0 Å². The molecule has 2 aliphatic rings. The Morgan fingerprint density at radius 2 is 2.03 bits per heavy atom. The summed E-state index contributed by atoms with van der Waals surface area (Å²) in [5.41, 5.74) is 0.546. The number of benzene rings is 1. The minimum Gasteiger partial charge on any atom is -0.495 e. The van der Waals surface area contributed by atoms with Crippen LogP contribution in [-0.4, -0.2) is 80.3 Å². The van der Waals surface area contributed by atoms with Crippen LogP contribution in [0.4, 0.5) is 10.5 Å². The standard InChI is InChI=1S/C20H28N2O7/c1-26-17-6-4-3-5-15(17)21-20(25)22-10-13(23)11-28-12-18-16(22)8-7-14(29-18)9-19(24)27-2/h3-6,13-14,16,18,23H,7-12H2,1-2H3,(H,21,25)/t13-,14+,16-,18+/m0/s1. The van der Waals surface area contributed by atoms with Gasteiger partial charge >= 0.3 is 12.0 Å². The molecule has 9 nitrogen and oxygen atoms in total. The fourth-order valence-corrected chi connectivity index (χ4v) is 3.78. The summed E-state index contributed by atoms with van der Waals surface area (Å²) >= 11 is 0. The van der Waals surface area contributed by atoms with E-state index in [0.29, 0.717) is 24.3 Å². The van der Waals surface area contributed by atoms with E-state index in [1.165, 1.54) is 14.2 Å². The van der Waals surface area contributed by atoms with Gasteiger partial charge in [-0.3, -0.25) is 4.79 Å². The zero-order valence-electron chi connectivity index (χ0n) is 16.7. The largest absolute Gasteiger partial charge is 0.495 e. The second-order valence-corrected chi connectivity index (χ2v) is 7.20. The number of anilines is 1. The van der Waals surface area contributed by atoms with Gasteiger partial charge in [-0.25, -0.2) is 4.79 Å². The van der Waals surface area contributed by atoms with E-state index in [0.717, 1.165) is 0 Å². The van der Waals surface area contributed by atoms with Gasteiger partial charge in [0.2, 0.25) is 0 Å². The van der Waals surface area contributed by atoms with Crippen LogP contribution in [-0.2, 0) is 19.0 Å². The summed E-state index contributed by atoms with van der Waals surface area (Å²) in [7, 11) is 2.88. The molecule has 2 saturated heterocycles. The highest BCUT2D eigenvalue weighted by Crippen LogP contribution is 2.29. The molecular weight excluding hydrogens is 380 g/mol. The molecule has 160 valence electrons. The van der Waals surface area contributed by atoms with Crippen molar-refractivity contribution in [3.05, 3.63) is 24.3 Å². The van der Waals surface area contributed by atoms with Crippen molar-refractivity contribution in [1.29, 1.82) is 0 Å². The van der Waals surface area contributed by atoms with Crippen LogP contribution >= 0.6 is 0 Å². The summed E-state index contributed by atoms with van der Waals surface area (Å²) in [6, 6.07) is 6.50. The number of methoxy groups -OCH3 is 2. The number of hydrogen-bond acceptors (Lipinski definition) is 7. The molecule has 4 atom stereocenters. The number of carbonyl (C=O) groups is 2. The van der Waals surface area contributed by atoms with E-state index < -0.39 is 12.2 Å². The van der Waals surface area contributed by atoms with Crippen LogP contribution in [0.5, 0.6) is 5.75 Å². The van der Waals surface area contributed by atoms with Crippen molar-refractivity contribution < 1.29 is 33.6 Å². The maximum Gasteiger partial charge on any atom is 0.322 e. The second kappa shape index (κ2) is 9.91. The Morgan fingerprint density at radius 3 is 2.79 bits per heavy atom. The van der Waals surface area contributed by atoms with Crippen LogP contribution in [0.1, 0.15) is 19.3 Å². The summed E-state index contributed by atoms with van der Waals surface area (Å²) in [5, 5.41) is 13.1. The van der Waals surface area contributed by atoms with Gasteiger partial charge in [-0.1, -0.05) is 12.1 Å². The Kier molecular flexibility index (Phi) is 7.29. The number of para-hydroxylation sites is 2. The molecule has 0 radical (unpaired) electrons. The van der Waals surface area contributed by atoms with E-state index in [9.17, 15) is 14.7 Å². The minimum atomic E-state index is -0.799. The molecule has 3 rings (SSSR count). The maximum atomic E-state index is 13.1. The lowest BCUT2D eigenvalue weighted by atomic mass is 9.95. The lowest BCUT2D eigenvalue weighted by molar-refractivity contribution is -0.159. The first kappa shape index (κ1) is 21.4. The van der Waals surface area contributed by atoms with Crippen molar-refractivity contribution in [1.82, 2.24) is 4.90 Å². The lowest BCUT2D eigenvalue weighted by Crippen LogP contribution is -2.58. The number of ether oxygens (including phenoxy) is 4. The monoisotopic (exact) mass is 408 g/mol. The van der Waals surface area contributed by atoms with E-state index in [1.54, 1.807) is 23.1 Å². The second-order valence-electron chi connectivity index (χ2n) is 7.20. The SMILES string of the molecule is COC(=O)C[C@H]1CC[C@H]2[C@@H](COC[C@@H](O)CN2C(=O)Nc2ccccc2OC)O1. The van der Waals surface area contributed by atoms with Crippen molar-refractivity contribution in [2.45, 2.75) is 43.6 Å². The summed E-state index contributed by atoms with van der Waals surface area (Å²) in [5.74, 6) is 0.216. The van der Waals surface area contributed by atoms with Gasteiger partial charge in [0.05, 0.1) is 64.3 Å². The summed E-state index contributed by atoms with van der Waals surface area (Å²) in [6.45, 7) is 0.456. The summed E-state index contributed by atoms with van der Waals surface area (Å²) < 4.78 is 21.6. The fraction of sp³-hybridized carbons (Fsp3) is 0.600. The predicted molar refractivity (Wildman–Crippen MR) is 104 cm³/mol. The molecule has 1 aromatic carbocycles. The van der Waals surface area contributed by atoms with Gasteiger partial charge in [0.1, 0.15) is 11.9 Å². The maximum absolute atomic E-state index is 13.1. The molecule has 0 bridgehead atoms. The number of fused-ring (bicyclic) bond motifs is 1. The Hall–Kier alpha value is -2.36. The van der Waals surface area contributed by atoms with Crippen LogP contribution in [0.3, 0.4) is 0 Å². The number of urea groups is 1. The summed E-state index contributed by atoms with van der Waals surface area (Å²) in [6.07, 6.45) is -0.0836. The first-order valence-electron chi connectivity index (χ1n) is 9.70. The number of esters is 1. The average Bonchev–Trinajstić information content (AvgIpc) is 2.71. The van der Waals surface area contributed by atoms with Gasteiger partial charge in [0.15, 0.2) is 0 Å². The molecule has 0 unspecified atom stereocenters. The molecule has 9 heteroatoms. The van der Waals surface area contributed by atoms with Crippen molar-refractivity contribution in [3.8, 4) is 5.75 Å². The number of aliphatic hydroxyl groups is 1. The van der Waals surface area contributed by atoms with E-state index in [4.69, 9.17) is 18.9 Å². The number of β-amino-alcohol motifs (C(OH)–C–C–N with tert-alkyl or cyclic N) is 1. The first-order chi connectivity index (χ1) is 14.0. The van der Waals surface area contributed by atoms with Crippen LogP contribution in [0.25, 0.3) is 0 Å². The first-order valence-corrected chi connectivity index (χ1v) is 9.70. The topological polar surface area (TPSA) is 107 Å². The molecule has 2 heterocycles. The van der Waals surface area contributed by atoms with Crippen molar-refractivity contribution >= 4 is 17.7 Å². The molecule has 29 heavy (non-hydrogen) atoms. The number of rotatable bonds is 4. The minimum absolute atomic E-state index is 0.104. The van der Waals surface area contributed by atoms with Crippen LogP contribution in [0.15, 0.2) is 24.3 Å². The molecule has 2 aliphatic heterocycles. The molecule has 0 aromatic heterocycles. The molecule has 2 amide bonds. The zero-order valence-corrected chi connectivity index (χ0v) is 16.7. The third-order valence-corrected chi connectivity index (χ3v) is 5.21. The van der Waals surface area contributed by atoms with Gasteiger partial charge in [-0.05, 0) is 25.0 Å². The molecule has 1 aromatic rings.